The number of nitrogens with zero attached hydrogens (tertiary/aromatic N) is 3. The van der Waals surface area contributed by atoms with Gasteiger partial charge in [0.1, 0.15) is 5.76 Å². The summed E-state index contributed by atoms with van der Waals surface area (Å²) in [6.07, 6.45) is 4.20. The lowest BCUT2D eigenvalue weighted by molar-refractivity contribution is 0.134. The van der Waals surface area contributed by atoms with Crippen LogP contribution in [0.4, 0.5) is 0 Å². The number of benzene rings is 2. The first-order valence-corrected chi connectivity index (χ1v) is 10.1. The van der Waals surface area contributed by atoms with Crippen LogP contribution < -0.4 is 0 Å². The summed E-state index contributed by atoms with van der Waals surface area (Å²) in [5.41, 5.74) is 3.70. The van der Waals surface area contributed by atoms with Crippen molar-refractivity contribution in [2.45, 2.75) is 13.1 Å². The first kappa shape index (κ1) is 18.8. The van der Waals surface area contributed by atoms with Gasteiger partial charge < -0.3 is 10.0 Å². The Kier molecular flexibility index (Phi) is 6.10. The molecule has 28 heavy (non-hydrogen) atoms. The second kappa shape index (κ2) is 9.09. The molecule has 4 rings (SSSR count). The van der Waals surface area contributed by atoms with Crippen molar-refractivity contribution in [3.63, 3.8) is 0 Å². The molecule has 1 fully saturated rings. The van der Waals surface area contributed by atoms with Gasteiger partial charge in [-0.1, -0.05) is 60.7 Å². The third-order valence-electron chi connectivity index (χ3n) is 5.55. The van der Waals surface area contributed by atoms with Crippen molar-refractivity contribution in [3.8, 4) is 0 Å². The van der Waals surface area contributed by atoms with Crippen LogP contribution in [0.3, 0.4) is 0 Å². The van der Waals surface area contributed by atoms with E-state index in [1.165, 1.54) is 11.1 Å². The van der Waals surface area contributed by atoms with Crippen LogP contribution in [0.25, 0.3) is 0 Å². The number of aliphatic hydroxyl groups excluding tert-OH is 1. The van der Waals surface area contributed by atoms with Crippen LogP contribution in [0.2, 0.25) is 0 Å². The van der Waals surface area contributed by atoms with E-state index < -0.39 is 0 Å². The van der Waals surface area contributed by atoms with Gasteiger partial charge in [0.2, 0.25) is 0 Å². The van der Waals surface area contributed by atoms with Gasteiger partial charge >= 0.3 is 0 Å². The van der Waals surface area contributed by atoms with E-state index in [4.69, 9.17) is 0 Å². The van der Waals surface area contributed by atoms with E-state index >= 15 is 0 Å². The standard InChI is InChI=1S/C24H29N3O/c28-24-20-27(18-22-9-5-2-6-10-22)12-11-23(24)19-26-15-13-25(14-16-26)17-21-7-3-1-4-8-21/h1-12,28H,13-20H2. The lowest BCUT2D eigenvalue weighted by Crippen LogP contribution is -2.46. The Bertz CT molecular complexity index is 808. The molecule has 0 radical (unpaired) electrons. The Morgan fingerprint density at radius 1 is 0.679 bits per heavy atom. The summed E-state index contributed by atoms with van der Waals surface area (Å²) in [6.45, 7) is 7.52. The SMILES string of the molecule is OC1=C(CN2CCN(Cc3ccccc3)CC2)C=CN(Cc2ccccc2)C1. The lowest BCUT2D eigenvalue weighted by atomic mass is 10.1. The average molecular weight is 376 g/mol. The number of hydrogen-bond acceptors (Lipinski definition) is 4. The number of aliphatic hydroxyl groups is 1. The van der Waals surface area contributed by atoms with Crippen molar-refractivity contribution in [2.75, 3.05) is 39.3 Å². The monoisotopic (exact) mass is 375 g/mol. The van der Waals surface area contributed by atoms with Crippen LogP contribution in [0.5, 0.6) is 0 Å². The van der Waals surface area contributed by atoms with Gasteiger partial charge in [-0.25, -0.2) is 0 Å². The summed E-state index contributed by atoms with van der Waals surface area (Å²) in [5.74, 6) is 0.505. The Hall–Kier alpha value is -2.56. The maximum atomic E-state index is 10.5. The van der Waals surface area contributed by atoms with Crippen molar-refractivity contribution in [1.29, 1.82) is 0 Å². The van der Waals surface area contributed by atoms with Crippen molar-refractivity contribution >= 4 is 0 Å². The first-order valence-electron chi connectivity index (χ1n) is 10.1. The molecule has 146 valence electrons. The highest BCUT2D eigenvalue weighted by Gasteiger charge is 2.20. The van der Waals surface area contributed by atoms with Gasteiger partial charge in [-0.05, 0) is 17.2 Å². The molecule has 0 saturated carbocycles. The summed E-state index contributed by atoms with van der Waals surface area (Å²) in [7, 11) is 0. The first-order chi connectivity index (χ1) is 13.8. The molecule has 0 unspecified atom stereocenters. The zero-order valence-electron chi connectivity index (χ0n) is 16.4. The van der Waals surface area contributed by atoms with Crippen LogP contribution in [0, 0.1) is 0 Å². The minimum Gasteiger partial charge on any atom is -0.510 e. The summed E-state index contributed by atoms with van der Waals surface area (Å²) < 4.78 is 0. The zero-order valence-corrected chi connectivity index (χ0v) is 16.4. The van der Waals surface area contributed by atoms with Gasteiger partial charge in [-0.3, -0.25) is 9.80 Å². The minimum absolute atomic E-state index is 0.505. The van der Waals surface area contributed by atoms with Gasteiger partial charge in [0, 0.05) is 57.6 Å². The fourth-order valence-corrected chi connectivity index (χ4v) is 3.90. The van der Waals surface area contributed by atoms with Crippen LogP contribution in [0.1, 0.15) is 11.1 Å². The summed E-state index contributed by atoms with van der Waals surface area (Å²) >= 11 is 0. The maximum absolute atomic E-state index is 10.5. The van der Waals surface area contributed by atoms with Gasteiger partial charge in [-0.2, -0.15) is 0 Å². The number of piperazine rings is 1. The molecule has 0 spiro atoms. The van der Waals surface area contributed by atoms with E-state index in [1.807, 2.05) is 6.07 Å². The molecule has 1 N–H and O–H groups in total. The highest BCUT2D eigenvalue weighted by Crippen LogP contribution is 2.18. The van der Waals surface area contributed by atoms with E-state index in [9.17, 15) is 5.11 Å². The van der Waals surface area contributed by atoms with Crippen LogP contribution in [0.15, 0.2) is 84.3 Å². The molecule has 4 nitrogen and oxygen atoms in total. The van der Waals surface area contributed by atoms with E-state index in [0.717, 1.165) is 51.4 Å². The van der Waals surface area contributed by atoms with Gasteiger partial charge in [0.25, 0.3) is 0 Å². The van der Waals surface area contributed by atoms with Gasteiger partial charge in [-0.15, -0.1) is 0 Å². The normalized spacial score (nSPS) is 18.6. The van der Waals surface area contributed by atoms with Gasteiger partial charge in [0.15, 0.2) is 0 Å². The van der Waals surface area contributed by atoms with E-state index in [-0.39, 0.29) is 0 Å². The van der Waals surface area contributed by atoms with Gasteiger partial charge in [0.05, 0.1) is 6.54 Å². The highest BCUT2D eigenvalue weighted by molar-refractivity contribution is 5.28. The summed E-state index contributed by atoms with van der Waals surface area (Å²) in [6, 6.07) is 21.1. The summed E-state index contributed by atoms with van der Waals surface area (Å²) in [5, 5.41) is 10.5. The summed E-state index contributed by atoms with van der Waals surface area (Å²) in [4.78, 5) is 7.12. The molecule has 4 heteroatoms. The molecule has 0 bridgehead atoms. The Morgan fingerprint density at radius 3 is 1.79 bits per heavy atom. The minimum atomic E-state index is 0.505. The van der Waals surface area contributed by atoms with Crippen molar-refractivity contribution < 1.29 is 5.11 Å². The quantitative estimate of drug-likeness (QED) is 0.835. The third kappa shape index (κ3) is 5.03. The Morgan fingerprint density at radius 2 is 1.21 bits per heavy atom. The zero-order chi connectivity index (χ0) is 19.2. The fraction of sp³-hybridized carbons (Fsp3) is 0.333. The van der Waals surface area contributed by atoms with Crippen LogP contribution >= 0.6 is 0 Å². The van der Waals surface area contributed by atoms with E-state index in [2.05, 4.69) is 81.6 Å². The van der Waals surface area contributed by atoms with Crippen LogP contribution in [-0.2, 0) is 13.1 Å². The van der Waals surface area contributed by atoms with E-state index in [1.54, 1.807) is 0 Å². The van der Waals surface area contributed by atoms with Crippen molar-refractivity contribution in [2.24, 2.45) is 0 Å². The average Bonchev–Trinajstić information content (AvgIpc) is 2.73. The molecule has 0 aliphatic carbocycles. The Balaban J connectivity index is 1.25. The molecule has 2 heterocycles. The fourth-order valence-electron chi connectivity index (χ4n) is 3.90. The molecule has 2 aromatic rings. The molecule has 2 aromatic carbocycles. The topological polar surface area (TPSA) is 30.0 Å². The molecule has 1 saturated heterocycles. The number of rotatable bonds is 6. The Labute approximate surface area is 168 Å². The predicted octanol–water partition coefficient (Wildman–Crippen LogP) is 3.65. The maximum Gasteiger partial charge on any atom is 0.116 e. The largest absolute Gasteiger partial charge is 0.510 e. The van der Waals surface area contributed by atoms with Crippen molar-refractivity contribution in [3.05, 3.63) is 95.4 Å². The molecular formula is C24H29N3O. The molecular weight excluding hydrogens is 346 g/mol. The predicted molar refractivity (Wildman–Crippen MR) is 114 cm³/mol. The smallest absolute Gasteiger partial charge is 0.116 e. The van der Waals surface area contributed by atoms with Crippen molar-refractivity contribution in [1.82, 2.24) is 14.7 Å². The molecule has 0 amide bonds. The molecule has 0 atom stereocenters. The third-order valence-corrected chi connectivity index (χ3v) is 5.55. The number of hydrogen-bond donors (Lipinski definition) is 1. The highest BCUT2D eigenvalue weighted by atomic mass is 16.3. The second-order valence-electron chi connectivity index (χ2n) is 7.72. The molecule has 2 aliphatic rings. The van der Waals surface area contributed by atoms with Crippen LogP contribution in [-0.4, -0.2) is 59.1 Å². The molecule has 2 aliphatic heterocycles. The van der Waals surface area contributed by atoms with E-state index in [0.29, 0.717) is 12.3 Å². The molecule has 0 aromatic heterocycles. The lowest BCUT2D eigenvalue weighted by Gasteiger charge is -2.35. The second-order valence-corrected chi connectivity index (χ2v) is 7.72.